The van der Waals surface area contributed by atoms with E-state index >= 15 is 0 Å². The lowest BCUT2D eigenvalue weighted by molar-refractivity contribution is 0.0997. The maximum atomic E-state index is 11.8. The van der Waals surface area contributed by atoms with Crippen molar-refractivity contribution in [1.29, 1.82) is 0 Å². The van der Waals surface area contributed by atoms with Crippen molar-refractivity contribution in [3.63, 3.8) is 0 Å². The molecule has 4 nitrogen and oxygen atoms in total. The largest absolute Gasteiger partial charge is 0.364 e. The van der Waals surface area contributed by atoms with Crippen LogP contribution in [0.2, 0.25) is 5.02 Å². The second-order valence-corrected chi connectivity index (χ2v) is 5.63. The first-order valence-electron chi connectivity index (χ1n) is 6.81. The van der Waals surface area contributed by atoms with Gasteiger partial charge in [0.25, 0.3) is 5.91 Å². The fraction of sp³-hybridized carbons (Fsp3) is 0.118. The van der Waals surface area contributed by atoms with Crippen LogP contribution in [0.15, 0.2) is 36.4 Å². The van der Waals surface area contributed by atoms with E-state index in [0.29, 0.717) is 27.3 Å². The summed E-state index contributed by atoms with van der Waals surface area (Å²) < 4.78 is 0. The number of carbonyl (C=O) groups is 1. The van der Waals surface area contributed by atoms with Crippen molar-refractivity contribution in [3.8, 4) is 11.4 Å². The van der Waals surface area contributed by atoms with Gasteiger partial charge in [0.1, 0.15) is 5.69 Å². The van der Waals surface area contributed by atoms with E-state index in [2.05, 4.69) is 9.97 Å². The van der Waals surface area contributed by atoms with Gasteiger partial charge in [0.2, 0.25) is 0 Å². The first-order chi connectivity index (χ1) is 10.5. The number of nitrogens with two attached hydrogens (primary N) is 1. The van der Waals surface area contributed by atoms with Crippen molar-refractivity contribution < 1.29 is 4.79 Å². The summed E-state index contributed by atoms with van der Waals surface area (Å²) in [7, 11) is 0. The average molecular weight is 312 g/mol. The zero-order chi connectivity index (χ0) is 15.9. The Kier molecular flexibility index (Phi) is 3.54. The van der Waals surface area contributed by atoms with Gasteiger partial charge in [-0.3, -0.25) is 4.79 Å². The number of hydrogen-bond donors (Lipinski definition) is 1. The molecule has 1 aromatic heterocycles. The Morgan fingerprint density at radius 2 is 1.86 bits per heavy atom. The SMILES string of the molecule is Cc1cc(C)c2nc(-c3ccccc3Cl)nc(C(N)=O)c2c1. The maximum Gasteiger partial charge on any atom is 0.268 e. The molecule has 2 aromatic carbocycles. The highest BCUT2D eigenvalue weighted by Gasteiger charge is 2.16. The third kappa shape index (κ3) is 2.42. The highest BCUT2D eigenvalue weighted by molar-refractivity contribution is 6.33. The van der Waals surface area contributed by atoms with E-state index in [1.807, 2.05) is 44.2 Å². The molecule has 0 bridgehead atoms. The number of primary amides is 1. The Labute approximate surface area is 133 Å². The van der Waals surface area contributed by atoms with Gasteiger partial charge in [0, 0.05) is 10.9 Å². The predicted molar refractivity (Wildman–Crippen MR) is 88.0 cm³/mol. The van der Waals surface area contributed by atoms with Gasteiger partial charge in [-0.25, -0.2) is 9.97 Å². The first kappa shape index (κ1) is 14.5. The summed E-state index contributed by atoms with van der Waals surface area (Å²) in [6, 6.07) is 11.1. The van der Waals surface area contributed by atoms with Gasteiger partial charge < -0.3 is 5.73 Å². The van der Waals surface area contributed by atoms with Crippen molar-refractivity contribution in [1.82, 2.24) is 9.97 Å². The summed E-state index contributed by atoms with van der Waals surface area (Å²) in [5.41, 5.74) is 9.10. The molecule has 0 aliphatic carbocycles. The van der Waals surface area contributed by atoms with E-state index in [0.717, 1.165) is 11.1 Å². The highest BCUT2D eigenvalue weighted by atomic mass is 35.5. The van der Waals surface area contributed by atoms with Crippen LogP contribution in [0.1, 0.15) is 21.6 Å². The molecule has 3 rings (SSSR count). The molecule has 0 saturated heterocycles. The quantitative estimate of drug-likeness (QED) is 0.785. The third-order valence-electron chi connectivity index (χ3n) is 3.48. The van der Waals surface area contributed by atoms with E-state index < -0.39 is 5.91 Å². The molecule has 0 fully saturated rings. The van der Waals surface area contributed by atoms with Crippen molar-refractivity contribution in [2.45, 2.75) is 13.8 Å². The van der Waals surface area contributed by atoms with Crippen LogP contribution in [-0.4, -0.2) is 15.9 Å². The maximum absolute atomic E-state index is 11.8. The second kappa shape index (κ2) is 5.39. The molecule has 1 amide bonds. The molecule has 5 heteroatoms. The molecule has 0 spiro atoms. The molecule has 0 aliphatic heterocycles. The van der Waals surface area contributed by atoms with E-state index in [1.54, 1.807) is 6.07 Å². The molecule has 0 saturated carbocycles. The minimum absolute atomic E-state index is 0.215. The smallest absolute Gasteiger partial charge is 0.268 e. The van der Waals surface area contributed by atoms with Crippen LogP contribution >= 0.6 is 11.6 Å². The van der Waals surface area contributed by atoms with E-state index in [1.165, 1.54) is 0 Å². The second-order valence-electron chi connectivity index (χ2n) is 5.22. The number of aromatic nitrogens is 2. The Morgan fingerprint density at radius 3 is 2.55 bits per heavy atom. The summed E-state index contributed by atoms with van der Waals surface area (Å²) in [6.07, 6.45) is 0. The molecule has 0 unspecified atom stereocenters. The zero-order valence-electron chi connectivity index (χ0n) is 12.2. The summed E-state index contributed by atoms with van der Waals surface area (Å²) >= 11 is 6.21. The van der Waals surface area contributed by atoms with Gasteiger partial charge in [-0.15, -0.1) is 0 Å². The Bertz CT molecular complexity index is 906. The minimum atomic E-state index is -0.578. The standard InChI is InChI=1S/C17H14ClN3O/c1-9-7-10(2)14-12(8-9)15(16(19)22)21-17(20-14)11-5-3-4-6-13(11)18/h3-8H,1-2H3,(H2,19,22). The van der Waals surface area contributed by atoms with Crippen molar-refractivity contribution in [2.75, 3.05) is 0 Å². The van der Waals surface area contributed by atoms with Crippen LogP contribution in [-0.2, 0) is 0 Å². The van der Waals surface area contributed by atoms with Gasteiger partial charge in [-0.1, -0.05) is 35.4 Å². The van der Waals surface area contributed by atoms with Crippen LogP contribution in [0.25, 0.3) is 22.3 Å². The summed E-state index contributed by atoms with van der Waals surface area (Å²) in [4.78, 5) is 20.7. The number of hydrogen-bond acceptors (Lipinski definition) is 3. The lowest BCUT2D eigenvalue weighted by Crippen LogP contribution is -2.15. The van der Waals surface area contributed by atoms with Crippen molar-refractivity contribution >= 4 is 28.4 Å². The molecule has 22 heavy (non-hydrogen) atoms. The van der Waals surface area contributed by atoms with Gasteiger partial charge in [0.05, 0.1) is 10.5 Å². The molecule has 0 radical (unpaired) electrons. The van der Waals surface area contributed by atoms with Crippen molar-refractivity contribution in [2.24, 2.45) is 5.73 Å². The van der Waals surface area contributed by atoms with Crippen LogP contribution in [0.3, 0.4) is 0 Å². The predicted octanol–water partition coefficient (Wildman–Crippen LogP) is 3.67. The van der Waals surface area contributed by atoms with E-state index in [-0.39, 0.29) is 5.69 Å². The topological polar surface area (TPSA) is 68.9 Å². The fourth-order valence-corrected chi connectivity index (χ4v) is 2.76. The number of carbonyl (C=O) groups excluding carboxylic acids is 1. The number of amides is 1. The molecule has 110 valence electrons. The minimum Gasteiger partial charge on any atom is -0.364 e. The Morgan fingerprint density at radius 1 is 1.14 bits per heavy atom. The number of nitrogens with zero attached hydrogens (tertiary/aromatic N) is 2. The van der Waals surface area contributed by atoms with E-state index in [9.17, 15) is 4.79 Å². The van der Waals surface area contributed by atoms with Gasteiger partial charge in [-0.05, 0) is 37.6 Å². The monoisotopic (exact) mass is 311 g/mol. The summed E-state index contributed by atoms with van der Waals surface area (Å²) in [5.74, 6) is -0.176. The zero-order valence-corrected chi connectivity index (χ0v) is 13.0. The lowest BCUT2D eigenvalue weighted by atomic mass is 10.0. The number of benzene rings is 2. The van der Waals surface area contributed by atoms with Gasteiger partial charge >= 0.3 is 0 Å². The summed E-state index contributed by atoms with van der Waals surface area (Å²) in [5, 5.41) is 1.20. The molecule has 3 aromatic rings. The molecule has 0 atom stereocenters. The van der Waals surface area contributed by atoms with Crippen LogP contribution in [0.4, 0.5) is 0 Å². The first-order valence-corrected chi connectivity index (χ1v) is 7.19. The van der Waals surface area contributed by atoms with Gasteiger partial charge in [-0.2, -0.15) is 0 Å². The molecular formula is C17H14ClN3O. The molecular weight excluding hydrogens is 298 g/mol. The highest BCUT2D eigenvalue weighted by Crippen LogP contribution is 2.28. The fourth-order valence-electron chi connectivity index (χ4n) is 2.54. The summed E-state index contributed by atoms with van der Waals surface area (Å²) in [6.45, 7) is 3.91. The van der Waals surface area contributed by atoms with Gasteiger partial charge in [0.15, 0.2) is 5.82 Å². The Hall–Kier alpha value is -2.46. The lowest BCUT2D eigenvalue weighted by Gasteiger charge is -2.10. The number of aryl methyl sites for hydroxylation is 2. The average Bonchev–Trinajstić information content (AvgIpc) is 2.46. The Balaban J connectivity index is 2.40. The molecule has 2 N–H and O–H groups in total. The van der Waals surface area contributed by atoms with Crippen molar-refractivity contribution in [3.05, 3.63) is 58.2 Å². The number of halogens is 1. The third-order valence-corrected chi connectivity index (χ3v) is 3.81. The molecule has 1 heterocycles. The normalized spacial score (nSPS) is 10.9. The van der Waals surface area contributed by atoms with E-state index in [4.69, 9.17) is 17.3 Å². The number of rotatable bonds is 2. The van der Waals surface area contributed by atoms with Crippen LogP contribution < -0.4 is 5.73 Å². The van der Waals surface area contributed by atoms with Crippen LogP contribution in [0.5, 0.6) is 0 Å². The molecule has 0 aliphatic rings. The number of fused-ring (bicyclic) bond motifs is 1. The van der Waals surface area contributed by atoms with Crippen LogP contribution in [0, 0.1) is 13.8 Å².